The van der Waals surface area contributed by atoms with E-state index < -0.39 is 21.7 Å². The Labute approximate surface area is 84.2 Å². The van der Waals surface area contributed by atoms with Gasteiger partial charge < -0.3 is 0 Å². The smallest absolute Gasteiger partial charge is 0.235 e. The number of nitrogens with zero attached hydrogens (tertiary/aromatic N) is 2. The number of aromatic nitrogens is 2. The lowest BCUT2D eigenvalue weighted by atomic mass is 10.3. The predicted octanol–water partition coefficient (Wildman–Crippen LogP) is 1.12. The molecule has 2 rings (SSSR count). The zero-order valence-corrected chi connectivity index (χ0v) is 8.42. The van der Waals surface area contributed by atoms with Crippen molar-refractivity contribution in [2.24, 2.45) is 0 Å². The molecule has 0 bridgehead atoms. The second kappa shape index (κ2) is 2.99. The molecule has 0 N–H and O–H groups in total. The number of hydrogen-bond donors (Lipinski definition) is 0. The van der Waals surface area contributed by atoms with Crippen LogP contribution in [-0.2, 0) is 10.0 Å². The van der Waals surface area contributed by atoms with Gasteiger partial charge in [-0.25, -0.2) is 26.2 Å². The summed E-state index contributed by atoms with van der Waals surface area (Å²) in [4.78, 5) is 3.66. The van der Waals surface area contributed by atoms with Crippen LogP contribution < -0.4 is 0 Å². The van der Waals surface area contributed by atoms with Crippen LogP contribution in [0, 0.1) is 11.6 Å². The van der Waals surface area contributed by atoms with Crippen molar-refractivity contribution in [3.8, 4) is 0 Å². The Bertz CT molecular complexity index is 633. The summed E-state index contributed by atoms with van der Waals surface area (Å²) in [6.45, 7) is 0. The Balaban J connectivity index is 2.87. The van der Waals surface area contributed by atoms with Crippen molar-refractivity contribution < 1.29 is 17.2 Å². The maximum absolute atomic E-state index is 12.9. The Kier molecular flexibility index (Phi) is 2.00. The highest BCUT2D eigenvalue weighted by Crippen LogP contribution is 2.18. The molecule has 0 atom stereocenters. The van der Waals surface area contributed by atoms with Crippen molar-refractivity contribution in [1.82, 2.24) is 8.96 Å². The molecule has 7 heteroatoms. The van der Waals surface area contributed by atoms with Crippen LogP contribution in [0.2, 0.25) is 0 Å². The van der Waals surface area contributed by atoms with Gasteiger partial charge in [-0.1, -0.05) is 0 Å². The lowest BCUT2D eigenvalue weighted by molar-refractivity contribution is 0.510. The predicted molar refractivity (Wildman–Crippen MR) is 49.9 cm³/mol. The molecule has 0 unspecified atom stereocenters. The zero-order chi connectivity index (χ0) is 11.2. The summed E-state index contributed by atoms with van der Waals surface area (Å²) in [5, 5.41) is 0. The maximum atomic E-state index is 12.9. The van der Waals surface area contributed by atoms with Crippen molar-refractivity contribution in [2.45, 2.75) is 0 Å². The van der Waals surface area contributed by atoms with E-state index in [9.17, 15) is 17.2 Å². The third-order valence-corrected chi connectivity index (χ3v) is 2.92. The molecule has 0 spiro atoms. The van der Waals surface area contributed by atoms with E-state index in [0.717, 1.165) is 28.7 Å². The fourth-order valence-corrected chi connectivity index (χ4v) is 1.97. The number of benzene rings is 1. The Morgan fingerprint density at radius 2 is 1.87 bits per heavy atom. The first kappa shape index (κ1) is 10.0. The third-order valence-electron chi connectivity index (χ3n) is 1.91. The van der Waals surface area contributed by atoms with Gasteiger partial charge in [0.2, 0.25) is 10.0 Å². The van der Waals surface area contributed by atoms with Gasteiger partial charge >= 0.3 is 0 Å². The van der Waals surface area contributed by atoms with Gasteiger partial charge in [-0.2, -0.15) is 0 Å². The number of rotatable bonds is 1. The number of halogens is 2. The molecule has 0 aliphatic heterocycles. The minimum Gasteiger partial charge on any atom is -0.235 e. The summed E-state index contributed by atoms with van der Waals surface area (Å²) in [5.74, 6) is -2.16. The molecule has 2 aromatic rings. The Morgan fingerprint density at radius 3 is 2.47 bits per heavy atom. The lowest BCUT2D eigenvalue weighted by Gasteiger charge is -2.00. The largest absolute Gasteiger partial charge is 0.237 e. The molecule has 0 aliphatic rings. The van der Waals surface area contributed by atoms with Crippen LogP contribution in [-0.4, -0.2) is 23.6 Å². The van der Waals surface area contributed by atoms with Crippen LogP contribution in [0.4, 0.5) is 8.78 Å². The van der Waals surface area contributed by atoms with E-state index in [2.05, 4.69) is 4.98 Å². The number of fused-ring (bicyclic) bond motifs is 1. The van der Waals surface area contributed by atoms with Crippen LogP contribution in [0.15, 0.2) is 18.5 Å². The van der Waals surface area contributed by atoms with Crippen LogP contribution in [0.3, 0.4) is 0 Å². The SMILES string of the molecule is CS(=O)(=O)n1cnc2cc(F)c(F)cc21. The monoisotopic (exact) mass is 232 g/mol. The fourth-order valence-electron chi connectivity index (χ4n) is 1.25. The highest BCUT2D eigenvalue weighted by atomic mass is 32.2. The summed E-state index contributed by atoms with van der Waals surface area (Å²) in [7, 11) is -3.55. The first-order valence-corrected chi connectivity index (χ1v) is 5.77. The van der Waals surface area contributed by atoms with E-state index in [1.165, 1.54) is 0 Å². The molecular formula is C8H6F2N2O2S. The quantitative estimate of drug-likeness (QED) is 0.740. The van der Waals surface area contributed by atoms with Gasteiger partial charge in [-0.3, -0.25) is 0 Å². The highest BCUT2D eigenvalue weighted by molar-refractivity contribution is 7.89. The molecule has 0 fully saturated rings. The van der Waals surface area contributed by atoms with Crippen molar-refractivity contribution in [2.75, 3.05) is 6.26 Å². The molecule has 15 heavy (non-hydrogen) atoms. The molecule has 1 heterocycles. The summed E-state index contributed by atoms with van der Waals surface area (Å²) in [5.41, 5.74) is 0.121. The Morgan fingerprint density at radius 1 is 1.27 bits per heavy atom. The summed E-state index contributed by atoms with van der Waals surface area (Å²) in [6, 6.07) is 1.66. The van der Waals surface area contributed by atoms with Crippen LogP contribution in [0.1, 0.15) is 0 Å². The maximum Gasteiger partial charge on any atom is 0.237 e. The average Bonchev–Trinajstić information content (AvgIpc) is 2.47. The standard InChI is InChI=1S/C8H6F2N2O2S/c1-15(13,14)12-4-11-7-2-5(9)6(10)3-8(7)12/h2-4H,1H3. The van der Waals surface area contributed by atoms with Crippen LogP contribution in [0.5, 0.6) is 0 Å². The second-order valence-electron chi connectivity index (χ2n) is 3.06. The first-order valence-electron chi connectivity index (χ1n) is 3.92. The number of hydrogen-bond acceptors (Lipinski definition) is 3. The summed E-state index contributed by atoms with van der Waals surface area (Å²) >= 11 is 0. The molecule has 0 radical (unpaired) electrons. The van der Waals surface area contributed by atoms with Crippen LogP contribution in [0.25, 0.3) is 11.0 Å². The summed E-state index contributed by atoms with van der Waals surface area (Å²) in [6.07, 6.45) is 1.97. The van der Waals surface area contributed by atoms with E-state index in [-0.39, 0.29) is 11.0 Å². The van der Waals surface area contributed by atoms with Crippen molar-refractivity contribution in [3.63, 3.8) is 0 Å². The molecule has 4 nitrogen and oxygen atoms in total. The minimum atomic E-state index is -3.55. The molecule has 0 amide bonds. The topological polar surface area (TPSA) is 52.0 Å². The van der Waals surface area contributed by atoms with Gasteiger partial charge in [0.25, 0.3) is 0 Å². The molecule has 80 valence electrons. The normalized spacial score (nSPS) is 12.2. The molecule has 0 aliphatic carbocycles. The van der Waals surface area contributed by atoms with Gasteiger partial charge in [-0.15, -0.1) is 0 Å². The van der Waals surface area contributed by atoms with E-state index in [1.54, 1.807) is 0 Å². The zero-order valence-electron chi connectivity index (χ0n) is 7.61. The van der Waals surface area contributed by atoms with Crippen molar-refractivity contribution in [1.29, 1.82) is 0 Å². The van der Waals surface area contributed by atoms with E-state index >= 15 is 0 Å². The first-order chi connectivity index (χ1) is 6.89. The Hall–Kier alpha value is -1.50. The summed E-state index contributed by atoms with van der Waals surface area (Å²) < 4.78 is 48.9. The van der Waals surface area contributed by atoms with Gasteiger partial charge in [0.1, 0.15) is 6.33 Å². The van der Waals surface area contributed by atoms with Gasteiger partial charge in [-0.05, 0) is 0 Å². The van der Waals surface area contributed by atoms with E-state index in [1.807, 2.05) is 0 Å². The van der Waals surface area contributed by atoms with Crippen molar-refractivity contribution >= 4 is 21.1 Å². The van der Waals surface area contributed by atoms with E-state index in [0.29, 0.717) is 0 Å². The average molecular weight is 232 g/mol. The van der Waals surface area contributed by atoms with Gasteiger partial charge in [0, 0.05) is 12.1 Å². The number of imidazole rings is 1. The molecule has 1 aromatic heterocycles. The van der Waals surface area contributed by atoms with Crippen LogP contribution >= 0.6 is 0 Å². The van der Waals surface area contributed by atoms with Crippen molar-refractivity contribution in [3.05, 3.63) is 30.1 Å². The molecule has 1 aromatic carbocycles. The molecule has 0 saturated heterocycles. The fraction of sp³-hybridized carbons (Fsp3) is 0.125. The second-order valence-corrected chi connectivity index (χ2v) is 4.92. The molecule has 0 saturated carbocycles. The molecular weight excluding hydrogens is 226 g/mol. The minimum absolute atomic E-state index is 0.0244. The highest BCUT2D eigenvalue weighted by Gasteiger charge is 2.13. The van der Waals surface area contributed by atoms with E-state index in [4.69, 9.17) is 0 Å². The van der Waals surface area contributed by atoms with Gasteiger partial charge in [0.05, 0.1) is 17.3 Å². The lowest BCUT2D eigenvalue weighted by Crippen LogP contribution is -2.08. The van der Waals surface area contributed by atoms with Gasteiger partial charge in [0.15, 0.2) is 11.6 Å². The third kappa shape index (κ3) is 1.58.